The van der Waals surface area contributed by atoms with Gasteiger partial charge in [0.05, 0.1) is 0 Å². The van der Waals surface area contributed by atoms with Gasteiger partial charge in [-0.05, 0) is 60.9 Å². The van der Waals surface area contributed by atoms with Gasteiger partial charge in [-0.1, -0.05) is 78.9 Å². The summed E-state index contributed by atoms with van der Waals surface area (Å²) < 4.78 is 6.79. The molecule has 28 heavy (non-hydrogen) atoms. The van der Waals surface area contributed by atoms with Crippen LogP contribution in [-0.4, -0.2) is 18.3 Å². The van der Waals surface area contributed by atoms with E-state index < -0.39 is 5.60 Å². The molecule has 1 N–H and O–H groups in total. The normalized spacial score (nSPS) is 11.5. The molecule has 0 fully saturated rings. The van der Waals surface area contributed by atoms with Gasteiger partial charge in [0.1, 0.15) is 5.60 Å². The summed E-state index contributed by atoms with van der Waals surface area (Å²) in [6.07, 6.45) is 2.70. The fourth-order valence-electron chi connectivity index (χ4n) is 3.82. The molecule has 0 spiro atoms. The Balaban J connectivity index is 2.16. The second-order valence-corrected chi connectivity index (χ2v) is 7.29. The molecular formula is C26H30O2. The number of rotatable bonds is 9. The summed E-state index contributed by atoms with van der Waals surface area (Å²) in [5.74, 6) is 0. The summed E-state index contributed by atoms with van der Waals surface area (Å²) in [6.45, 7) is 5.21. The number of hydrogen-bond acceptors (Lipinski definition) is 2. The zero-order valence-electron chi connectivity index (χ0n) is 16.9. The van der Waals surface area contributed by atoms with Gasteiger partial charge in [0, 0.05) is 13.2 Å². The van der Waals surface area contributed by atoms with Gasteiger partial charge in [0.2, 0.25) is 0 Å². The lowest BCUT2D eigenvalue weighted by Gasteiger charge is -2.37. The van der Waals surface area contributed by atoms with Crippen LogP contribution >= 0.6 is 0 Å². The van der Waals surface area contributed by atoms with Crippen molar-refractivity contribution in [2.75, 3.05) is 13.2 Å². The summed E-state index contributed by atoms with van der Waals surface area (Å²) in [4.78, 5) is 0. The smallest absolute Gasteiger partial charge is 0.143 e. The largest absolute Gasteiger partial charge is 0.396 e. The van der Waals surface area contributed by atoms with Crippen LogP contribution in [0, 0.1) is 13.8 Å². The molecule has 0 aliphatic carbocycles. The zero-order chi connectivity index (χ0) is 19.8. The van der Waals surface area contributed by atoms with Crippen LogP contribution in [0.5, 0.6) is 0 Å². The fraction of sp³-hybridized carbons (Fsp3) is 0.308. The van der Waals surface area contributed by atoms with E-state index in [0.717, 1.165) is 30.4 Å². The molecule has 0 aromatic heterocycles. The molecule has 3 aromatic rings. The lowest BCUT2D eigenvalue weighted by Crippen LogP contribution is -2.34. The number of unbranched alkanes of at least 4 members (excludes halogenated alkanes) is 2. The van der Waals surface area contributed by atoms with Crippen LogP contribution in [0.4, 0.5) is 0 Å². The van der Waals surface area contributed by atoms with E-state index in [-0.39, 0.29) is 6.61 Å². The van der Waals surface area contributed by atoms with Crippen molar-refractivity contribution in [2.24, 2.45) is 0 Å². The van der Waals surface area contributed by atoms with E-state index in [9.17, 15) is 0 Å². The molecule has 2 heteroatoms. The van der Waals surface area contributed by atoms with Crippen molar-refractivity contribution in [3.8, 4) is 0 Å². The van der Waals surface area contributed by atoms with Gasteiger partial charge >= 0.3 is 0 Å². The third kappa shape index (κ3) is 4.19. The summed E-state index contributed by atoms with van der Waals surface area (Å²) in [6, 6.07) is 27.5. The SMILES string of the molecule is Cc1cccc(C(OCCCCCO)(c2ccccc2)c2ccccc2)c1C. The van der Waals surface area contributed by atoms with Gasteiger partial charge in [0.25, 0.3) is 0 Å². The highest BCUT2D eigenvalue weighted by molar-refractivity contribution is 5.51. The summed E-state index contributed by atoms with van der Waals surface area (Å²) >= 11 is 0. The van der Waals surface area contributed by atoms with E-state index in [1.54, 1.807) is 0 Å². The van der Waals surface area contributed by atoms with Crippen LogP contribution in [0.3, 0.4) is 0 Å². The van der Waals surface area contributed by atoms with Gasteiger partial charge in [0.15, 0.2) is 0 Å². The molecule has 0 saturated carbocycles. The maximum absolute atomic E-state index is 9.09. The van der Waals surface area contributed by atoms with Crippen molar-refractivity contribution in [1.82, 2.24) is 0 Å². The van der Waals surface area contributed by atoms with E-state index in [4.69, 9.17) is 9.84 Å². The molecule has 2 nitrogen and oxygen atoms in total. The third-order valence-electron chi connectivity index (χ3n) is 5.47. The quantitative estimate of drug-likeness (QED) is 0.380. The van der Waals surface area contributed by atoms with E-state index in [1.165, 1.54) is 16.7 Å². The number of aryl methyl sites for hydroxylation is 1. The second kappa shape index (κ2) is 9.68. The molecular weight excluding hydrogens is 344 g/mol. The topological polar surface area (TPSA) is 29.5 Å². The van der Waals surface area contributed by atoms with Crippen molar-refractivity contribution in [3.05, 3.63) is 107 Å². The Morgan fingerprint density at radius 2 is 1.32 bits per heavy atom. The van der Waals surface area contributed by atoms with Crippen LogP contribution in [0.1, 0.15) is 47.1 Å². The van der Waals surface area contributed by atoms with E-state index in [1.807, 2.05) is 12.1 Å². The van der Waals surface area contributed by atoms with Crippen molar-refractivity contribution in [1.29, 1.82) is 0 Å². The molecule has 0 aliphatic rings. The zero-order valence-corrected chi connectivity index (χ0v) is 16.9. The minimum absolute atomic E-state index is 0.236. The standard InChI is InChI=1S/C26H30O2/c1-21-13-12-18-25(22(21)2)26(23-14-6-3-7-15-23,24-16-8-4-9-17-24)28-20-11-5-10-19-27/h3-4,6-9,12-18,27H,5,10-11,19-20H2,1-2H3. The maximum atomic E-state index is 9.09. The van der Waals surface area contributed by atoms with Crippen molar-refractivity contribution in [2.45, 2.75) is 38.7 Å². The molecule has 0 aliphatic heterocycles. The first-order chi connectivity index (χ1) is 13.7. The van der Waals surface area contributed by atoms with Gasteiger partial charge in [-0.3, -0.25) is 0 Å². The first-order valence-electron chi connectivity index (χ1n) is 10.1. The van der Waals surface area contributed by atoms with Crippen molar-refractivity contribution >= 4 is 0 Å². The van der Waals surface area contributed by atoms with E-state index in [0.29, 0.717) is 6.61 Å². The van der Waals surface area contributed by atoms with Crippen molar-refractivity contribution in [3.63, 3.8) is 0 Å². The fourth-order valence-corrected chi connectivity index (χ4v) is 3.82. The molecule has 0 bridgehead atoms. The lowest BCUT2D eigenvalue weighted by molar-refractivity contribution is 0.00985. The molecule has 3 rings (SSSR count). The van der Waals surface area contributed by atoms with Gasteiger partial charge in [-0.2, -0.15) is 0 Å². The molecule has 0 unspecified atom stereocenters. The number of aliphatic hydroxyl groups is 1. The molecule has 146 valence electrons. The van der Waals surface area contributed by atoms with Gasteiger partial charge in [-0.25, -0.2) is 0 Å². The lowest BCUT2D eigenvalue weighted by atomic mass is 9.77. The maximum Gasteiger partial charge on any atom is 0.143 e. The van der Waals surface area contributed by atoms with Crippen LogP contribution < -0.4 is 0 Å². The van der Waals surface area contributed by atoms with E-state index >= 15 is 0 Å². The first-order valence-corrected chi connectivity index (χ1v) is 10.1. The highest BCUT2D eigenvalue weighted by Crippen LogP contribution is 2.42. The highest BCUT2D eigenvalue weighted by Gasteiger charge is 2.38. The molecule has 0 heterocycles. The number of benzene rings is 3. The average molecular weight is 375 g/mol. The molecule has 0 radical (unpaired) electrons. The summed E-state index contributed by atoms with van der Waals surface area (Å²) in [7, 11) is 0. The Bertz CT molecular complexity index is 817. The number of hydrogen-bond donors (Lipinski definition) is 1. The van der Waals surface area contributed by atoms with E-state index in [2.05, 4.69) is 80.6 Å². The highest BCUT2D eigenvalue weighted by atomic mass is 16.5. The number of ether oxygens (including phenoxy) is 1. The Morgan fingerprint density at radius 3 is 1.89 bits per heavy atom. The molecule has 3 aromatic carbocycles. The Morgan fingerprint density at radius 1 is 0.714 bits per heavy atom. The monoisotopic (exact) mass is 374 g/mol. The van der Waals surface area contributed by atoms with Crippen LogP contribution in [-0.2, 0) is 10.3 Å². The Labute approximate surface area is 168 Å². The first kappa shape index (κ1) is 20.3. The van der Waals surface area contributed by atoms with Crippen LogP contribution in [0.15, 0.2) is 78.9 Å². The van der Waals surface area contributed by atoms with Gasteiger partial charge in [-0.15, -0.1) is 0 Å². The van der Waals surface area contributed by atoms with Gasteiger partial charge < -0.3 is 9.84 Å². The average Bonchev–Trinajstić information content (AvgIpc) is 2.75. The molecule has 0 atom stereocenters. The second-order valence-electron chi connectivity index (χ2n) is 7.29. The molecule has 0 amide bonds. The predicted molar refractivity (Wildman–Crippen MR) is 116 cm³/mol. The van der Waals surface area contributed by atoms with Crippen LogP contribution in [0.2, 0.25) is 0 Å². The minimum atomic E-state index is -0.655. The predicted octanol–water partition coefficient (Wildman–Crippen LogP) is 5.77. The molecule has 0 saturated heterocycles. The third-order valence-corrected chi connectivity index (χ3v) is 5.47. The Kier molecular flexibility index (Phi) is 7.02. The van der Waals surface area contributed by atoms with Crippen LogP contribution in [0.25, 0.3) is 0 Å². The minimum Gasteiger partial charge on any atom is -0.396 e. The number of aliphatic hydroxyl groups excluding tert-OH is 1. The summed E-state index contributed by atoms with van der Waals surface area (Å²) in [5.41, 5.74) is 5.32. The Hall–Kier alpha value is -2.42. The summed E-state index contributed by atoms with van der Waals surface area (Å²) in [5, 5.41) is 9.09. The van der Waals surface area contributed by atoms with Crippen molar-refractivity contribution < 1.29 is 9.84 Å².